The lowest BCUT2D eigenvalue weighted by molar-refractivity contribution is -0.154. The number of carbonyl (C=O) groups is 1. The molecule has 1 unspecified atom stereocenters. The Bertz CT molecular complexity index is 453. The van der Waals surface area contributed by atoms with Gasteiger partial charge < -0.3 is 4.74 Å². The molecule has 1 aromatic rings. The van der Waals surface area contributed by atoms with Crippen LogP contribution in [0.4, 0.5) is 0 Å². The molecule has 1 aromatic heterocycles. The van der Waals surface area contributed by atoms with Crippen LogP contribution in [0.5, 0.6) is 0 Å². The molecule has 0 amide bonds. The first-order valence-electron chi connectivity index (χ1n) is 6.05. The highest BCUT2D eigenvalue weighted by molar-refractivity contribution is 9.09. The van der Waals surface area contributed by atoms with Gasteiger partial charge in [-0.2, -0.15) is 0 Å². The third-order valence-electron chi connectivity index (χ3n) is 2.62. The van der Waals surface area contributed by atoms with E-state index in [2.05, 4.69) is 25.9 Å². The number of hydrogen-bond acceptors (Lipinski definition) is 4. The molecule has 18 heavy (non-hydrogen) atoms. The maximum absolute atomic E-state index is 12.0. The minimum Gasteiger partial charge on any atom is -0.459 e. The van der Waals surface area contributed by atoms with Gasteiger partial charge in [-0.3, -0.25) is 4.79 Å². The van der Waals surface area contributed by atoms with Crippen molar-refractivity contribution >= 4 is 21.9 Å². The molecule has 1 atom stereocenters. The highest BCUT2D eigenvalue weighted by atomic mass is 79.9. The van der Waals surface area contributed by atoms with Crippen molar-refractivity contribution in [2.45, 2.75) is 50.0 Å². The van der Waals surface area contributed by atoms with Crippen molar-refractivity contribution in [2.75, 3.05) is 0 Å². The van der Waals surface area contributed by atoms with Crippen LogP contribution in [0.1, 0.15) is 55.6 Å². The van der Waals surface area contributed by atoms with Gasteiger partial charge >= 0.3 is 5.97 Å². The number of carbonyl (C=O) groups excluding carboxylic acids is 1. The number of alkyl halides is 1. The van der Waals surface area contributed by atoms with Crippen molar-refractivity contribution < 1.29 is 9.53 Å². The first kappa shape index (κ1) is 13.5. The van der Waals surface area contributed by atoms with Crippen molar-refractivity contribution in [1.82, 2.24) is 9.97 Å². The number of nitrogens with zero attached hydrogens (tertiary/aromatic N) is 2. The Morgan fingerprint density at radius 1 is 1.50 bits per heavy atom. The van der Waals surface area contributed by atoms with Crippen LogP contribution in [0.2, 0.25) is 0 Å². The first-order chi connectivity index (χ1) is 8.38. The summed E-state index contributed by atoms with van der Waals surface area (Å²) in [6, 6.07) is 0. The van der Waals surface area contributed by atoms with Gasteiger partial charge in [0.25, 0.3) is 0 Å². The Hall–Kier alpha value is -0.970. The van der Waals surface area contributed by atoms with Gasteiger partial charge in [-0.05, 0) is 33.6 Å². The van der Waals surface area contributed by atoms with Crippen LogP contribution < -0.4 is 0 Å². The van der Waals surface area contributed by atoms with Gasteiger partial charge in [0.05, 0.1) is 5.69 Å². The van der Waals surface area contributed by atoms with E-state index in [0.717, 1.165) is 24.1 Å². The topological polar surface area (TPSA) is 52.1 Å². The van der Waals surface area contributed by atoms with E-state index in [1.54, 1.807) is 6.20 Å². The Morgan fingerprint density at radius 2 is 2.17 bits per heavy atom. The Labute approximate surface area is 115 Å². The molecule has 5 heteroatoms. The van der Waals surface area contributed by atoms with Crippen molar-refractivity contribution in [3.8, 4) is 0 Å². The number of esters is 1. The molecular weight excluding hydrogens is 296 g/mol. The molecule has 1 heterocycles. The van der Waals surface area contributed by atoms with E-state index in [0.29, 0.717) is 5.92 Å². The fraction of sp³-hybridized carbons (Fsp3) is 0.615. The largest absolute Gasteiger partial charge is 0.459 e. The molecule has 1 aliphatic carbocycles. The van der Waals surface area contributed by atoms with Gasteiger partial charge in [0.15, 0.2) is 0 Å². The van der Waals surface area contributed by atoms with Crippen LogP contribution in [0, 0.1) is 0 Å². The molecule has 0 saturated heterocycles. The van der Waals surface area contributed by atoms with E-state index in [1.807, 2.05) is 20.8 Å². The summed E-state index contributed by atoms with van der Waals surface area (Å²) in [6.07, 6.45) is 5.51. The van der Waals surface area contributed by atoms with E-state index < -0.39 is 10.4 Å². The standard InChI is InChI=1S/C13H17BrN2O2/c1-13(2,3)18-12(17)10(14)9-6-15-7-16-11(9)8-4-5-8/h6-8,10H,4-5H2,1-3H3. The molecule has 98 valence electrons. The average Bonchev–Trinajstić information content (AvgIpc) is 3.09. The number of aromatic nitrogens is 2. The molecule has 0 N–H and O–H groups in total. The zero-order valence-electron chi connectivity index (χ0n) is 10.8. The highest BCUT2D eigenvalue weighted by Gasteiger charge is 2.33. The summed E-state index contributed by atoms with van der Waals surface area (Å²) in [5.41, 5.74) is 1.31. The lowest BCUT2D eigenvalue weighted by atomic mass is 10.1. The van der Waals surface area contributed by atoms with E-state index in [4.69, 9.17) is 4.74 Å². The Balaban J connectivity index is 2.18. The van der Waals surface area contributed by atoms with Crippen molar-refractivity contribution in [1.29, 1.82) is 0 Å². The third-order valence-corrected chi connectivity index (χ3v) is 3.49. The van der Waals surface area contributed by atoms with E-state index in [-0.39, 0.29) is 5.97 Å². The minimum atomic E-state index is -0.492. The summed E-state index contributed by atoms with van der Waals surface area (Å²) < 4.78 is 5.37. The molecule has 0 radical (unpaired) electrons. The minimum absolute atomic E-state index is 0.292. The summed E-state index contributed by atoms with van der Waals surface area (Å²) in [4.78, 5) is 19.8. The second kappa shape index (κ2) is 4.96. The molecule has 0 spiro atoms. The SMILES string of the molecule is CC(C)(C)OC(=O)C(Br)c1cncnc1C1CC1. The lowest BCUT2D eigenvalue weighted by Gasteiger charge is -2.22. The normalized spacial score (nSPS) is 17.3. The molecule has 0 bridgehead atoms. The Morgan fingerprint density at radius 3 is 2.72 bits per heavy atom. The molecule has 1 aliphatic rings. The van der Waals surface area contributed by atoms with Gasteiger partial charge in [0.2, 0.25) is 0 Å². The summed E-state index contributed by atoms with van der Waals surface area (Å²) in [5.74, 6) is 0.185. The van der Waals surface area contributed by atoms with Gasteiger partial charge in [-0.15, -0.1) is 0 Å². The first-order valence-corrected chi connectivity index (χ1v) is 6.97. The molecular formula is C13H17BrN2O2. The van der Waals surface area contributed by atoms with Crippen LogP contribution in [0.25, 0.3) is 0 Å². The van der Waals surface area contributed by atoms with Gasteiger partial charge in [-0.1, -0.05) is 15.9 Å². The molecule has 0 aliphatic heterocycles. The van der Waals surface area contributed by atoms with Crippen LogP contribution in [0.15, 0.2) is 12.5 Å². The number of rotatable bonds is 3. The second-order valence-corrected chi connectivity index (χ2v) is 6.45. The molecule has 0 aromatic carbocycles. The van der Waals surface area contributed by atoms with Crippen molar-refractivity contribution in [2.24, 2.45) is 0 Å². The molecule has 1 saturated carbocycles. The molecule has 1 fully saturated rings. The van der Waals surface area contributed by atoms with Gasteiger partial charge in [0.1, 0.15) is 16.8 Å². The van der Waals surface area contributed by atoms with Gasteiger partial charge in [-0.25, -0.2) is 9.97 Å². The van der Waals surface area contributed by atoms with Crippen LogP contribution in [-0.4, -0.2) is 21.5 Å². The van der Waals surface area contributed by atoms with Gasteiger partial charge in [0, 0.05) is 17.7 Å². The fourth-order valence-corrected chi connectivity index (χ4v) is 2.17. The smallest absolute Gasteiger partial charge is 0.324 e. The quantitative estimate of drug-likeness (QED) is 0.635. The van der Waals surface area contributed by atoms with E-state index in [9.17, 15) is 4.79 Å². The summed E-state index contributed by atoms with van der Waals surface area (Å²) in [7, 11) is 0. The fourth-order valence-electron chi connectivity index (χ4n) is 1.72. The highest BCUT2D eigenvalue weighted by Crippen LogP contribution is 2.43. The average molecular weight is 313 g/mol. The van der Waals surface area contributed by atoms with Crippen LogP contribution >= 0.6 is 15.9 Å². The van der Waals surface area contributed by atoms with Crippen molar-refractivity contribution in [3.63, 3.8) is 0 Å². The van der Waals surface area contributed by atoms with Crippen LogP contribution in [-0.2, 0) is 9.53 Å². The lowest BCUT2D eigenvalue weighted by Crippen LogP contribution is -2.26. The zero-order valence-corrected chi connectivity index (χ0v) is 12.4. The number of halogens is 1. The predicted molar refractivity (Wildman–Crippen MR) is 71.5 cm³/mol. The maximum atomic E-state index is 12.0. The maximum Gasteiger partial charge on any atom is 0.324 e. The number of ether oxygens (including phenoxy) is 1. The monoisotopic (exact) mass is 312 g/mol. The van der Waals surface area contributed by atoms with Crippen molar-refractivity contribution in [3.05, 3.63) is 23.8 Å². The Kier molecular flexibility index (Phi) is 3.71. The van der Waals surface area contributed by atoms with E-state index in [1.165, 1.54) is 6.33 Å². The molecule has 4 nitrogen and oxygen atoms in total. The predicted octanol–water partition coefficient (Wildman–Crippen LogP) is 3.13. The summed E-state index contributed by atoms with van der Waals surface area (Å²) in [5, 5.41) is 0. The summed E-state index contributed by atoms with van der Waals surface area (Å²) >= 11 is 3.40. The summed E-state index contributed by atoms with van der Waals surface area (Å²) in [6.45, 7) is 5.57. The van der Waals surface area contributed by atoms with Crippen LogP contribution in [0.3, 0.4) is 0 Å². The zero-order chi connectivity index (χ0) is 13.3. The number of hydrogen-bond donors (Lipinski definition) is 0. The van der Waals surface area contributed by atoms with E-state index >= 15 is 0 Å². The molecule has 2 rings (SSSR count). The third kappa shape index (κ3) is 3.28. The second-order valence-electron chi connectivity index (χ2n) is 5.53.